The average Bonchev–Trinajstić information content (AvgIpc) is 3.87. The zero-order valence-electron chi connectivity index (χ0n) is 31.9. The summed E-state index contributed by atoms with van der Waals surface area (Å²) in [6, 6.07) is 6.05. The van der Waals surface area contributed by atoms with E-state index in [-0.39, 0.29) is 65.8 Å². The molecular formula is C39H50N8O8S2. The van der Waals surface area contributed by atoms with Crippen molar-refractivity contribution >= 4 is 56.9 Å². The van der Waals surface area contributed by atoms with Crippen LogP contribution >= 0.6 is 21.6 Å². The van der Waals surface area contributed by atoms with Gasteiger partial charge in [-0.1, -0.05) is 59.7 Å². The van der Waals surface area contributed by atoms with Gasteiger partial charge in [0.05, 0.1) is 18.4 Å². The lowest BCUT2D eigenvalue weighted by Gasteiger charge is -2.28. The smallest absolute Gasteiger partial charge is 0.243 e. The van der Waals surface area contributed by atoms with Crippen LogP contribution in [0.15, 0.2) is 61.1 Å². The minimum Gasteiger partial charge on any atom is -0.508 e. The number of hydrogen-bond donors (Lipinski definition) is 9. The van der Waals surface area contributed by atoms with E-state index in [4.69, 9.17) is 0 Å². The molecule has 3 unspecified atom stereocenters. The van der Waals surface area contributed by atoms with Crippen LogP contribution in [0.25, 0.3) is 0 Å². The molecule has 3 aromatic rings. The molecule has 0 spiro atoms. The molecule has 18 heteroatoms. The number of phenols is 2. The fraction of sp³-hybridized carbons (Fsp3) is 0.462. The molecule has 2 saturated heterocycles. The van der Waals surface area contributed by atoms with E-state index in [0.29, 0.717) is 29.8 Å². The Morgan fingerprint density at radius 3 is 1.75 bits per heavy atom. The molecule has 2 aliphatic rings. The average molecular weight is 823 g/mol. The topological polar surface area (TPSA) is 244 Å². The summed E-state index contributed by atoms with van der Waals surface area (Å²) in [7, 11) is 2.87. The van der Waals surface area contributed by atoms with Crippen molar-refractivity contribution in [3.05, 3.63) is 77.9 Å². The van der Waals surface area contributed by atoms with E-state index >= 15 is 0 Å². The van der Waals surface area contributed by atoms with Crippen molar-refractivity contribution in [2.75, 3.05) is 12.3 Å². The second-order valence-electron chi connectivity index (χ2n) is 14.8. The van der Waals surface area contributed by atoms with E-state index in [2.05, 4.69) is 41.9 Å². The molecular weight excluding hydrogens is 773 g/mol. The van der Waals surface area contributed by atoms with Crippen molar-refractivity contribution in [2.45, 2.75) is 94.4 Å². The van der Waals surface area contributed by atoms with Crippen LogP contribution in [-0.4, -0.2) is 109 Å². The number of phenolic OH excluding ortho intramolecular Hbond substituents is 2. The van der Waals surface area contributed by atoms with Gasteiger partial charge in [0.1, 0.15) is 35.7 Å². The van der Waals surface area contributed by atoms with Gasteiger partial charge in [0.2, 0.25) is 29.5 Å². The molecule has 1 aromatic heterocycles. The lowest BCUT2D eigenvalue weighted by Crippen LogP contribution is -2.60. The molecule has 2 bridgehead atoms. The van der Waals surface area contributed by atoms with Crippen LogP contribution in [0.4, 0.5) is 0 Å². The summed E-state index contributed by atoms with van der Waals surface area (Å²) in [5.41, 5.74) is 1.70. The second-order valence-corrected chi connectivity index (χ2v) is 17.5. The number of imidazole rings is 1. The maximum atomic E-state index is 14.3. The van der Waals surface area contributed by atoms with E-state index in [1.165, 1.54) is 65.3 Å². The van der Waals surface area contributed by atoms with Crippen LogP contribution in [0.3, 0.4) is 0 Å². The Morgan fingerprint density at radius 1 is 0.737 bits per heavy atom. The Morgan fingerprint density at radius 2 is 1.25 bits per heavy atom. The zero-order chi connectivity index (χ0) is 41.1. The molecule has 0 radical (unpaired) electrons. The number of aromatic nitrogens is 2. The number of benzene rings is 2. The van der Waals surface area contributed by atoms with Crippen molar-refractivity contribution in [1.29, 1.82) is 0 Å². The summed E-state index contributed by atoms with van der Waals surface area (Å²) in [5.74, 6) is -3.07. The number of carbonyl (C=O) groups is 6. The first-order chi connectivity index (χ1) is 27.2. The number of aromatic hydroxyl groups is 2. The van der Waals surface area contributed by atoms with Crippen LogP contribution in [0.1, 0.15) is 50.4 Å². The largest absolute Gasteiger partial charge is 0.508 e. The Hall–Kier alpha value is -5.07. The zero-order valence-corrected chi connectivity index (χ0v) is 33.6. The number of aromatic amines is 1. The molecule has 9 N–H and O–H groups in total. The third-order valence-corrected chi connectivity index (χ3v) is 12.5. The molecule has 7 atom stereocenters. The van der Waals surface area contributed by atoms with Gasteiger partial charge in [-0.15, -0.1) is 0 Å². The molecule has 306 valence electrons. The minimum absolute atomic E-state index is 0.00121. The number of carbonyl (C=O) groups excluding carboxylic acids is 6. The van der Waals surface area contributed by atoms with Gasteiger partial charge in [0.25, 0.3) is 0 Å². The van der Waals surface area contributed by atoms with E-state index in [1.54, 1.807) is 24.3 Å². The highest BCUT2D eigenvalue weighted by Gasteiger charge is 2.36. The molecule has 2 aromatic carbocycles. The van der Waals surface area contributed by atoms with E-state index in [1.807, 2.05) is 13.8 Å². The molecule has 16 nitrogen and oxygen atoms in total. The van der Waals surface area contributed by atoms with Crippen LogP contribution in [0.5, 0.6) is 11.5 Å². The molecule has 5 rings (SSSR count). The molecule has 57 heavy (non-hydrogen) atoms. The fourth-order valence-electron chi connectivity index (χ4n) is 6.48. The SMILES string of the molecule is CC(=O)[C@@H]1CSSC2CNC(C2)C(=O)NC(CC(C)C)C(=O)N[C@@H](Cc2ccc(O)cc2)C(=O)N[C@@H](Cc2cnc[nH]2)C(=O)N[C@@H](Cc2ccc(O)cc2)C(=O)N1. The highest BCUT2D eigenvalue weighted by molar-refractivity contribution is 8.77. The summed E-state index contributed by atoms with van der Waals surface area (Å²) < 4.78 is 0. The van der Waals surface area contributed by atoms with E-state index < -0.39 is 59.9 Å². The highest BCUT2D eigenvalue weighted by Crippen LogP contribution is 2.32. The number of fused-ring (bicyclic) bond motifs is 2. The first-order valence-electron chi connectivity index (χ1n) is 18.8. The van der Waals surface area contributed by atoms with Crippen molar-refractivity contribution in [2.24, 2.45) is 5.92 Å². The number of amides is 5. The van der Waals surface area contributed by atoms with E-state index in [9.17, 15) is 39.0 Å². The number of ketones is 1. The number of nitrogens with zero attached hydrogens (tertiary/aromatic N) is 1. The number of hydrogen-bond acceptors (Lipinski definition) is 12. The summed E-state index contributed by atoms with van der Waals surface area (Å²) in [4.78, 5) is 89.8. The highest BCUT2D eigenvalue weighted by atomic mass is 33.1. The maximum absolute atomic E-state index is 14.3. The Labute approximate surface area is 338 Å². The van der Waals surface area contributed by atoms with E-state index in [0.717, 1.165) is 0 Å². The number of nitrogens with one attached hydrogen (secondary N) is 7. The Bertz CT molecular complexity index is 1860. The van der Waals surface area contributed by atoms with Crippen LogP contribution < -0.4 is 31.9 Å². The first kappa shape index (κ1) is 43.1. The van der Waals surface area contributed by atoms with Gasteiger partial charge in [-0.2, -0.15) is 0 Å². The lowest BCUT2D eigenvalue weighted by molar-refractivity contribution is -0.135. The van der Waals surface area contributed by atoms with Gasteiger partial charge in [-0.25, -0.2) is 4.98 Å². The summed E-state index contributed by atoms with van der Waals surface area (Å²) in [6.07, 6.45) is 3.54. The molecule has 0 aliphatic carbocycles. The number of rotatable bonds is 9. The molecule has 2 aliphatic heterocycles. The van der Waals surface area contributed by atoms with Crippen molar-refractivity contribution < 1.29 is 39.0 Å². The quantitative estimate of drug-likeness (QED) is 0.138. The first-order valence-corrected chi connectivity index (χ1v) is 21.2. The third kappa shape index (κ3) is 13.0. The number of Topliss-reactive ketones (excluding diaryl/α,β-unsaturated/α-hetero) is 1. The van der Waals surface area contributed by atoms with Crippen LogP contribution in [0, 0.1) is 5.92 Å². The monoisotopic (exact) mass is 822 g/mol. The molecule has 2 fully saturated rings. The van der Waals surface area contributed by atoms with Gasteiger partial charge >= 0.3 is 0 Å². The van der Waals surface area contributed by atoms with Gasteiger partial charge in [-0.05, 0) is 61.1 Å². The summed E-state index contributed by atoms with van der Waals surface area (Å²) in [5, 5.41) is 37.0. The summed E-state index contributed by atoms with van der Waals surface area (Å²) in [6.45, 7) is 5.71. The molecule has 5 amide bonds. The predicted molar refractivity (Wildman–Crippen MR) is 216 cm³/mol. The standard InChI is InChI=1S/C39H50N8O8S2/c1-21(2)12-30-36(52)44-31(13-23-4-8-26(49)9-5-23)37(53)46-33(15-25-17-40-20-42-25)39(55)45-32(14-24-6-10-27(50)11-7-24)38(54)47-34(22(3)48)19-56-57-28-16-29(41-18-28)35(51)43-30/h4-11,17,20-21,28-34,41,49-50H,12-16,18-19H2,1-3H3,(H,40,42)(H,43,51)(H,44,52)(H,45,55)(H,46,53)(H,47,54)/t28?,29?,30?,31-,32-,33-,34-/m0/s1. The minimum atomic E-state index is -1.29. The lowest BCUT2D eigenvalue weighted by atomic mass is 10.00. The maximum Gasteiger partial charge on any atom is 0.243 e. The van der Waals surface area contributed by atoms with Gasteiger partial charge in [0.15, 0.2) is 5.78 Å². The van der Waals surface area contributed by atoms with Crippen molar-refractivity contribution in [1.82, 2.24) is 41.9 Å². The molecule has 0 saturated carbocycles. The van der Waals surface area contributed by atoms with Gasteiger partial charge < -0.3 is 47.1 Å². The van der Waals surface area contributed by atoms with Crippen molar-refractivity contribution in [3.63, 3.8) is 0 Å². The second kappa shape index (κ2) is 20.4. The Kier molecular flexibility index (Phi) is 15.4. The fourth-order valence-corrected chi connectivity index (χ4v) is 9.31. The predicted octanol–water partition coefficient (Wildman–Crippen LogP) is 1.03. The normalized spacial score (nSPS) is 25.7. The van der Waals surface area contributed by atoms with Crippen LogP contribution in [-0.2, 0) is 48.0 Å². The van der Waals surface area contributed by atoms with Crippen LogP contribution in [0.2, 0.25) is 0 Å². The van der Waals surface area contributed by atoms with Crippen molar-refractivity contribution in [3.8, 4) is 11.5 Å². The Balaban J connectivity index is 1.51. The number of H-pyrrole nitrogens is 1. The summed E-state index contributed by atoms with van der Waals surface area (Å²) >= 11 is 0. The van der Waals surface area contributed by atoms with Gasteiger partial charge in [0, 0.05) is 48.7 Å². The molecule has 3 heterocycles. The van der Waals surface area contributed by atoms with Gasteiger partial charge in [-0.3, -0.25) is 28.8 Å². The third-order valence-electron chi connectivity index (χ3n) is 9.62.